The lowest BCUT2D eigenvalue weighted by molar-refractivity contribution is -0.253. The van der Waals surface area contributed by atoms with Gasteiger partial charge in [-0.05, 0) is 19.4 Å². The first-order valence-electron chi connectivity index (χ1n) is 8.80. The van der Waals surface area contributed by atoms with Crippen molar-refractivity contribution in [3.63, 3.8) is 0 Å². The van der Waals surface area contributed by atoms with Crippen LogP contribution in [0, 0.1) is 0 Å². The van der Waals surface area contributed by atoms with Crippen LogP contribution in [0.25, 0.3) is 0 Å². The summed E-state index contributed by atoms with van der Waals surface area (Å²) in [7, 11) is 0. The van der Waals surface area contributed by atoms with Crippen LogP contribution in [0.5, 0.6) is 0 Å². The average molecular weight is 331 g/mol. The van der Waals surface area contributed by atoms with Gasteiger partial charge in [-0.15, -0.1) is 0 Å². The minimum atomic E-state index is -0.331. The van der Waals surface area contributed by atoms with Crippen LogP contribution in [0.2, 0.25) is 0 Å². The van der Waals surface area contributed by atoms with Gasteiger partial charge in [0.15, 0.2) is 13.1 Å². The third-order valence-corrected chi connectivity index (χ3v) is 4.63. The first-order valence-corrected chi connectivity index (χ1v) is 8.80. The maximum Gasteiger partial charge on any atom is 0.189 e. The van der Waals surface area contributed by atoms with Crippen molar-refractivity contribution in [3.8, 4) is 0 Å². The molecule has 7 heteroatoms. The number of ether oxygens (including phenoxy) is 6. The molecule has 0 unspecified atom stereocenters. The van der Waals surface area contributed by atoms with Crippen LogP contribution in [0.4, 0.5) is 0 Å². The van der Waals surface area contributed by atoms with Crippen LogP contribution in [0.15, 0.2) is 0 Å². The Morgan fingerprint density at radius 3 is 2.39 bits per heavy atom. The fourth-order valence-corrected chi connectivity index (χ4v) is 3.33. The van der Waals surface area contributed by atoms with E-state index in [4.69, 9.17) is 34.2 Å². The minimum absolute atomic E-state index is 0.115. The van der Waals surface area contributed by atoms with E-state index in [1.807, 2.05) is 0 Å². The van der Waals surface area contributed by atoms with E-state index < -0.39 is 0 Å². The lowest BCUT2D eigenvalue weighted by atomic mass is 10.1. The van der Waals surface area contributed by atoms with Gasteiger partial charge in [0.05, 0.1) is 6.61 Å². The quantitative estimate of drug-likeness (QED) is 0.601. The van der Waals surface area contributed by atoms with Gasteiger partial charge in [-0.3, -0.25) is 0 Å². The zero-order chi connectivity index (χ0) is 15.9. The van der Waals surface area contributed by atoms with Gasteiger partial charge in [-0.2, -0.15) is 0 Å². The maximum atomic E-state index is 5.85. The molecule has 0 aromatic carbocycles. The summed E-state index contributed by atoms with van der Waals surface area (Å²) in [5.41, 5.74) is 5.48. The van der Waals surface area contributed by atoms with E-state index >= 15 is 0 Å². The highest BCUT2D eigenvalue weighted by Crippen LogP contribution is 2.35. The Kier molecular flexibility index (Phi) is 7.07. The SMILES string of the molecule is NCCCCCCCCOC[C@H]1OCO[C@@H]2[C@H]3OCO[C@H]3O[C@@H]21. The molecule has 23 heavy (non-hydrogen) atoms. The Labute approximate surface area is 137 Å². The van der Waals surface area contributed by atoms with Crippen LogP contribution >= 0.6 is 0 Å². The molecule has 3 saturated heterocycles. The van der Waals surface area contributed by atoms with E-state index in [1.54, 1.807) is 0 Å². The van der Waals surface area contributed by atoms with E-state index in [2.05, 4.69) is 0 Å². The van der Waals surface area contributed by atoms with Gasteiger partial charge in [-0.25, -0.2) is 0 Å². The molecular formula is C16H29NO6. The number of fused-ring (bicyclic) bond motifs is 3. The van der Waals surface area contributed by atoms with E-state index in [1.165, 1.54) is 25.7 Å². The fraction of sp³-hybridized carbons (Fsp3) is 1.00. The monoisotopic (exact) mass is 331 g/mol. The van der Waals surface area contributed by atoms with Gasteiger partial charge >= 0.3 is 0 Å². The lowest BCUT2D eigenvalue weighted by Crippen LogP contribution is -2.49. The van der Waals surface area contributed by atoms with Crippen LogP contribution in [-0.2, 0) is 28.4 Å². The number of unbranched alkanes of at least 4 members (excludes halogenated alkanes) is 5. The smallest absolute Gasteiger partial charge is 0.189 e. The van der Waals surface area contributed by atoms with E-state index in [-0.39, 0.29) is 44.3 Å². The van der Waals surface area contributed by atoms with Crippen LogP contribution in [-0.4, -0.2) is 64.1 Å². The average Bonchev–Trinajstić information content (AvgIpc) is 3.15. The summed E-state index contributed by atoms with van der Waals surface area (Å²) in [4.78, 5) is 0. The summed E-state index contributed by atoms with van der Waals surface area (Å²) in [5.74, 6) is 0. The van der Waals surface area contributed by atoms with Crippen molar-refractivity contribution >= 4 is 0 Å². The molecule has 3 aliphatic heterocycles. The zero-order valence-corrected chi connectivity index (χ0v) is 13.7. The molecule has 3 fully saturated rings. The molecule has 5 atom stereocenters. The number of nitrogens with two attached hydrogens (primary N) is 1. The van der Waals surface area contributed by atoms with E-state index in [0.717, 1.165) is 26.0 Å². The second-order valence-corrected chi connectivity index (χ2v) is 6.32. The molecule has 0 bridgehead atoms. The molecule has 0 amide bonds. The largest absolute Gasteiger partial charge is 0.379 e. The highest BCUT2D eigenvalue weighted by Gasteiger charge is 2.54. The molecule has 0 radical (unpaired) electrons. The second kappa shape index (κ2) is 9.27. The van der Waals surface area contributed by atoms with Gasteiger partial charge in [-0.1, -0.05) is 25.7 Å². The van der Waals surface area contributed by atoms with E-state index in [0.29, 0.717) is 6.61 Å². The Bertz CT molecular complexity index is 345. The molecule has 0 aliphatic carbocycles. The van der Waals surface area contributed by atoms with E-state index in [9.17, 15) is 0 Å². The first kappa shape index (κ1) is 17.5. The number of hydrogen-bond donors (Lipinski definition) is 1. The Morgan fingerprint density at radius 1 is 0.783 bits per heavy atom. The number of hydrogen-bond acceptors (Lipinski definition) is 7. The fourth-order valence-electron chi connectivity index (χ4n) is 3.33. The van der Waals surface area contributed by atoms with Crippen molar-refractivity contribution in [2.24, 2.45) is 5.73 Å². The minimum Gasteiger partial charge on any atom is -0.379 e. The molecular weight excluding hydrogens is 302 g/mol. The lowest BCUT2D eigenvalue weighted by Gasteiger charge is -2.33. The van der Waals surface area contributed by atoms with Gasteiger partial charge < -0.3 is 34.2 Å². The molecule has 0 spiro atoms. The van der Waals surface area contributed by atoms with Crippen molar-refractivity contribution < 1.29 is 28.4 Å². The summed E-state index contributed by atoms with van der Waals surface area (Å²) in [6, 6.07) is 0. The third-order valence-electron chi connectivity index (χ3n) is 4.63. The van der Waals surface area contributed by atoms with Crippen LogP contribution in [0.3, 0.4) is 0 Å². The van der Waals surface area contributed by atoms with Gasteiger partial charge in [0.2, 0.25) is 0 Å². The summed E-state index contributed by atoms with van der Waals surface area (Å²) in [6.07, 6.45) is 6.30. The second-order valence-electron chi connectivity index (χ2n) is 6.32. The zero-order valence-electron chi connectivity index (χ0n) is 13.7. The summed E-state index contributed by atoms with van der Waals surface area (Å²) >= 11 is 0. The van der Waals surface area contributed by atoms with Crippen molar-refractivity contribution in [2.45, 2.75) is 69.2 Å². The molecule has 0 aromatic heterocycles. The molecule has 134 valence electrons. The molecule has 3 aliphatic rings. The molecule has 3 heterocycles. The number of rotatable bonds is 10. The van der Waals surface area contributed by atoms with Crippen molar-refractivity contribution in [2.75, 3.05) is 33.3 Å². The van der Waals surface area contributed by atoms with Crippen LogP contribution < -0.4 is 5.73 Å². The molecule has 3 rings (SSSR count). The topological polar surface area (TPSA) is 81.4 Å². The highest BCUT2D eigenvalue weighted by molar-refractivity contribution is 4.96. The van der Waals surface area contributed by atoms with Gasteiger partial charge in [0.1, 0.15) is 31.2 Å². The first-order chi connectivity index (χ1) is 11.4. The van der Waals surface area contributed by atoms with Gasteiger partial charge in [0, 0.05) is 6.61 Å². The molecule has 0 aromatic rings. The van der Waals surface area contributed by atoms with Crippen molar-refractivity contribution in [3.05, 3.63) is 0 Å². The Balaban J connectivity index is 1.27. The summed E-state index contributed by atoms with van der Waals surface area (Å²) < 4.78 is 33.8. The maximum absolute atomic E-state index is 5.85. The Morgan fingerprint density at radius 2 is 1.52 bits per heavy atom. The summed E-state index contributed by atoms with van der Waals surface area (Å²) in [5, 5.41) is 0. The van der Waals surface area contributed by atoms with Crippen molar-refractivity contribution in [1.82, 2.24) is 0 Å². The molecule has 2 N–H and O–H groups in total. The third kappa shape index (κ3) is 4.63. The Hall–Kier alpha value is -0.280. The standard InChI is InChI=1S/C16H29NO6/c17-7-5-3-1-2-4-6-8-18-9-12-13-14(20-10-19-12)15-16(23-13)22-11-21-15/h12-16H,1-11,17H2/t12-,13-,14+,15-,16+/m1/s1. The molecule has 7 nitrogen and oxygen atoms in total. The van der Waals surface area contributed by atoms with Crippen molar-refractivity contribution in [1.29, 1.82) is 0 Å². The predicted octanol–water partition coefficient (Wildman–Crippen LogP) is 1.14. The predicted molar refractivity (Wildman–Crippen MR) is 81.7 cm³/mol. The summed E-state index contributed by atoms with van der Waals surface area (Å²) in [6.45, 7) is 2.61. The van der Waals surface area contributed by atoms with Gasteiger partial charge in [0.25, 0.3) is 0 Å². The van der Waals surface area contributed by atoms with Crippen LogP contribution in [0.1, 0.15) is 38.5 Å². The molecule has 0 saturated carbocycles. The highest BCUT2D eigenvalue weighted by atomic mass is 16.8. The normalized spacial score (nSPS) is 36.1.